The predicted octanol–water partition coefficient (Wildman–Crippen LogP) is 1.70. The van der Waals surface area contributed by atoms with Gasteiger partial charge in [0, 0.05) is 12.7 Å². The maximum absolute atomic E-state index is 13.2. The number of aliphatic hydroxyl groups is 2. The summed E-state index contributed by atoms with van der Waals surface area (Å²) in [4.78, 5) is 30.2. The molecule has 1 aliphatic rings. The number of aliphatic hydroxyl groups excluding tert-OH is 2. The van der Waals surface area contributed by atoms with Crippen molar-refractivity contribution >= 4 is 12.2 Å². The second kappa shape index (κ2) is 9.49. The van der Waals surface area contributed by atoms with Crippen molar-refractivity contribution in [3.8, 4) is 11.5 Å². The molecule has 1 saturated heterocycles. The average molecular weight is 400 g/mol. The molecule has 0 spiro atoms. The van der Waals surface area contributed by atoms with Crippen molar-refractivity contribution in [1.82, 2.24) is 9.88 Å². The maximum atomic E-state index is 13.2. The third-order valence-corrected chi connectivity index (χ3v) is 5.04. The molecule has 2 aromatic rings. The van der Waals surface area contributed by atoms with E-state index in [4.69, 9.17) is 4.74 Å². The van der Waals surface area contributed by atoms with Crippen LogP contribution in [0.2, 0.25) is 0 Å². The molecule has 0 aliphatic carbocycles. The van der Waals surface area contributed by atoms with Crippen molar-refractivity contribution in [2.75, 3.05) is 19.8 Å². The largest absolute Gasteiger partial charge is 0.507 e. The lowest BCUT2D eigenvalue weighted by atomic mass is 10.00. The predicted molar refractivity (Wildman–Crippen MR) is 104 cm³/mol. The smallest absolute Gasteiger partial charge is 0.256 e. The molecule has 8 nitrogen and oxygen atoms in total. The quantitative estimate of drug-likeness (QED) is 0.605. The second-order valence-electron chi connectivity index (χ2n) is 6.90. The van der Waals surface area contributed by atoms with Crippen molar-refractivity contribution in [1.29, 1.82) is 0 Å². The highest BCUT2D eigenvalue weighted by Gasteiger charge is 2.30. The van der Waals surface area contributed by atoms with Crippen LogP contribution in [-0.4, -0.2) is 63.2 Å². The van der Waals surface area contributed by atoms with Gasteiger partial charge in [-0.15, -0.1) is 0 Å². The van der Waals surface area contributed by atoms with Crippen LogP contribution in [0.15, 0.2) is 36.5 Å². The van der Waals surface area contributed by atoms with Crippen molar-refractivity contribution in [2.45, 2.75) is 31.4 Å². The Bertz CT molecular complexity index is 872. The number of hydrogen-bond acceptors (Lipinski definition) is 7. The Morgan fingerprint density at radius 1 is 1.31 bits per heavy atom. The van der Waals surface area contributed by atoms with Gasteiger partial charge in [-0.1, -0.05) is 6.07 Å². The second-order valence-corrected chi connectivity index (χ2v) is 6.90. The molecule has 1 aromatic heterocycles. The first-order valence-corrected chi connectivity index (χ1v) is 9.51. The lowest BCUT2D eigenvalue weighted by Crippen LogP contribution is -2.47. The van der Waals surface area contributed by atoms with E-state index >= 15 is 0 Å². The van der Waals surface area contributed by atoms with Crippen molar-refractivity contribution in [3.05, 3.63) is 53.3 Å². The van der Waals surface area contributed by atoms with Crippen LogP contribution < -0.4 is 4.74 Å². The van der Waals surface area contributed by atoms with Gasteiger partial charge >= 0.3 is 0 Å². The number of carbonyl (C=O) groups is 2. The summed E-state index contributed by atoms with van der Waals surface area (Å²) in [6, 6.07) is 7.53. The first kappa shape index (κ1) is 20.8. The number of aromatic hydroxyl groups is 1. The van der Waals surface area contributed by atoms with E-state index in [2.05, 4.69) is 4.98 Å². The standard InChI is InChI=1S/C21H24N2O6/c24-11-16-17(26)7-3-8-19(16)29-13-14-5-1-2-10-23(14)21(28)15-6-4-9-22-20(15)18(27)12-25/h3-4,6-9,11,14,18,25-27H,1-2,5,10,12-13H2/t14?,18-/m0/s1. The monoisotopic (exact) mass is 400 g/mol. The summed E-state index contributed by atoms with van der Waals surface area (Å²) in [6.45, 7) is 0.154. The van der Waals surface area contributed by atoms with Crippen molar-refractivity contribution in [3.63, 3.8) is 0 Å². The van der Waals surface area contributed by atoms with Gasteiger partial charge in [0.2, 0.25) is 0 Å². The maximum Gasteiger partial charge on any atom is 0.256 e. The number of phenols is 1. The highest BCUT2D eigenvalue weighted by Crippen LogP contribution is 2.28. The van der Waals surface area contributed by atoms with Gasteiger partial charge in [0.25, 0.3) is 5.91 Å². The van der Waals surface area contributed by atoms with E-state index in [1.807, 2.05) is 0 Å². The number of benzene rings is 1. The molecular weight excluding hydrogens is 376 g/mol. The molecule has 1 unspecified atom stereocenters. The van der Waals surface area contributed by atoms with Gasteiger partial charge in [-0.25, -0.2) is 0 Å². The van der Waals surface area contributed by atoms with Crippen molar-refractivity contribution < 1.29 is 29.6 Å². The first-order valence-electron chi connectivity index (χ1n) is 9.51. The van der Waals surface area contributed by atoms with Crippen LogP contribution in [0.1, 0.15) is 51.8 Å². The Kier molecular flexibility index (Phi) is 6.79. The number of aldehydes is 1. The highest BCUT2D eigenvalue weighted by molar-refractivity contribution is 5.95. The van der Waals surface area contributed by atoms with Crippen molar-refractivity contribution in [2.24, 2.45) is 0 Å². The number of ether oxygens (including phenoxy) is 1. The van der Waals surface area contributed by atoms with Crippen LogP contribution in [0.5, 0.6) is 11.5 Å². The molecule has 3 rings (SSSR count). The third-order valence-electron chi connectivity index (χ3n) is 5.04. The van der Waals surface area contributed by atoms with E-state index in [-0.39, 0.29) is 46.9 Å². The van der Waals surface area contributed by atoms with Gasteiger partial charge < -0.3 is 25.0 Å². The Balaban J connectivity index is 1.79. The van der Waals surface area contributed by atoms with E-state index in [1.165, 1.54) is 12.3 Å². The van der Waals surface area contributed by atoms with Crippen LogP contribution in [-0.2, 0) is 0 Å². The number of amides is 1. The highest BCUT2D eigenvalue weighted by atomic mass is 16.5. The number of carbonyl (C=O) groups excluding carboxylic acids is 2. The summed E-state index contributed by atoms with van der Waals surface area (Å²) >= 11 is 0. The molecule has 29 heavy (non-hydrogen) atoms. The van der Waals surface area contributed by atoms with Crippen LogP contribution in [0.25, 0.3) is 0 Å². The molecule has 1 fully saturated rings. The molecular formula is C21H24N2O6. The molecule has 0 bridgehead atoms. The van der Waals surface area contributed by atoms with Gasteiger partial charge in [0.15, 0.2) is 6.29 Å². The number of nitrogens with zero attached hydrogens (tertiary/aromatic N) is 2. The van der Waals surface area contributed by atoms with E-state index < -0.39 is 12.7 Å². The Morgan fingerprint density at radius 3 is 2.90 bits per heavy atom. The summed E-state index contributed by atoms with van der Waals surface area (Å²) in [5.41, 5.74) is 0.454. The van der Waals surface area contributed by atoms with E-state index in [1.54, 1.807) is 29.2 Å². The minimum Gasteiger partial charge on any atom is -0.507 e. The molecule has 1 aromatic carbocycles. The number of aromatic nitrogens is 1. The molecule has 0 saturated carbocycles. The van der Waals surface area contributed by atoms with Crippen LogP contribution in [0, 0.1) is 0 Å². The molecule has 0 radical (unpaired) electrons. The zero-order chi connectivity index (χ0) is 20.8. The molecule has 2 heterocycles. The summed E-state index contributed by atoms with van der Waals surface area (Å²) in [5, 5.41) is 29.0. The molecule has 3 N–H and O–H groups in total. The normalized spacial score (nSPS) is 17.6. The summed E-state index contributed by atoms with van der Waals surface area (Å²) in [6.07, 6.45) is 3.25. The number of pyridine rings is 1. The number of hydrogen-bond donors (Lipinski definition) is 3. The summed E-state index contributed by atoms with van der Waals surface area (Å²) in [7, 11) is 0. The Morgan fingerprint density at radius 2 is 2.14 bits per heavy atom. The minimum absolute atomic E-state index is 0.0711. The third kappa shape index (κ3) is 4.55. The van der Waals surface area contributed by atoms with Crippen LogP contribution >= 0.6 is 0 Å². The molecule has 8 heteroatoms. The van der Waals surface area contributed by atoms with E-state index in [0.717, 1.165) is 19.3 Å². The molecule has 1 amide bonds. The van der Waals surface area contributed by atoms with Gasteiger partial charge in [-0.3, -0.25) is 14.6 Å². The van der Waals surface area contributed by atoms with E-state index in [0.29, 0.717) is 12.8 Å². The number of piperidine rings is 1. The zero-order valence-corrected chi connectivity index (χ0v) is 15.9. The number of likely N-dealkylation sites (tertiary alicyclic amines) is 1. The fourth-order valence-electron chi connectivity index (χ4n) is 3.51. The minimum atomic E-state index is -1.24. The summed E-state index contributed by atoms with van der Waals surface area (Å²) < 4.78 is 5.77. The SMILES string of the molecule is O=Cc1c(O)cccc1OCC1CCCCN1C(=O)c1cccnc1[C@@H](O)CO. The van der Waals surface area contributed by atoms with Gasteiger partial charge in [0.05, 0.1) is 29.5 Å². The van der Waals surface area contributed by atoms with Crippen LogP contribution in [0.4, 0.5) is 0 Å². The zero-order valence-electron chi connectivity index (χ0n) is 15.9. The van der Waals surface area contributed by atoms with Crippen LogP contribution in [0.3, 0.4) is 0 Å². The topological polar surface area (TPSA) is 120 Å². The lowest BCUT2D eigenvalue weighted by Gasteiger charge is -2.36. The Labute approximate surface area is 168 Å². The molecule has 2 atom stereocenters. The lowest BCUT2D eigenvalue weighted by molar-refractivity contribution is 0.0510. The van der Waals surface area contributed by atoms with Gasteiger partial charge in [0.1, 0.15) is 24.2 Å². The fraction of sp³-hybridized carbons (Fsp3) is 0.381. The average Bonchev–Trinajstić information content (AvgIpc) is 2.77. The van der Waals surface area contributed by atoms with Gasteiger partial charge in [-0.05, 0) is 43.5 Å². The summed E-state index contributed by atoms with van der Waals surface area (Å²) in [5.74, 6) is -0.191. The van der Waals surface area contributed by atoms with E-state index in [9.17, 15) is 24.9 Å². The Hall–Kier alpha value is -2.97. The van der Waals surface area contributed by atoms with Gasteiger partial charge in [-0.2, -0.15) is 0 Å². The molecule has 1 aliphatic heterocycles. The molecule has 154 valence electrons. The number of rotatable bonds is 7. The number of phenolic OH excluding ortho intramolecular Hbond substituents is 1. The fourth-order valence-corrected chi connectivity index (χ4v) is 3.51. The first-order chi connectivity index (χ1) is 14.1.